The van der Waals surface area contributed by atoms with Crippen LogP contribution in [0.5, 0.6) is 5.75 Å². The SMILES string of the molecule is CCc1cc2c(C)cc(=O)oc2c(C[NH+](C)CC(=O)NC2CC2)c1O. The smallest absolute Gasteiger partial charge is 0.336 e. The van der Waals surface area contributed by atoms with Crippen molar-refractivity contribution in [1.29, 1.82) is 0 Å². The van der Waals surface area contributed by atoms with Crippen LogP contribution in [0.2, 0.25) is 0 Å². The molecule has 1 aliphatic carbocycles. The van der Waals surface area contributed by atoms with Crippen molar-refractivity contribution in [3.63, 3.8) is 0 Å². The number of quaternary nitrogens is 1. The lowest BCUT2D eigenvalue weighted by atomic mass is 9.99. The quantitative estimate of drug-likeness (QED) is 0.672. The molecule has 2 aromatic rings. The molecule has 1 atom stereocenters. The Hall–Kier alpha value is -2.34. The molecule has 0 spiro atoms. The highest BCUT2D eigenvalue weighted by molar-refractivity contribution is 5.86. The molecular weight excluding hydrogens is 320 g/mol. The Kier molecular flexibility index (Phi) is 4.81. The van der Waals surface area contributed by atoms with E-state index < -0.39 is 5.63 Å². The van der Waals surface area contributed by atoms with E-state index in [1.807, 2.05) is 27.0 Å². The number of carbonyl (C=O) groups excluding carboxylic acids is 1. The second-order valence-electron chi connectivity index (χ2n) is 6.99. The average molecular weight is 345 g/mol. The lowest BCUT2D eigenvalue weighted by Crippen LogP contribution is -3.08. The van der Waals surface area contributed by atoms with Gasteiger partial charge in [0.1, 0.15) is 12.3 Å². The van der Waals surface area contributed by atoms with Crippen LogP contribution in [0.15, 0.2) is 21.3 Å². The van der Waals surface area contributed by atoms with Gasteiger partial charge in [-0.3, -0.25) is 4.79 Å². The average Bonchev–Trinajstić information content (AvgIpc) is 3.33. The normalized spacial score (nSPS) is 15.3. The Labute approximate surface area is 146 Å². The second kappa shape index (κ2) is 6.88. The van der Waals surface area contributed by atoms with Gasteiger partial charge in [0.15, 0.2) is 12.1 Å². The molecule has 6 nitrogen and oxygen atoms in total. The van der Waals surface area contributed by atoms with Gasteiger partial charge in [-0.1, -0.05) is 6.92 Å². The van der Waals surface area contributed by atoms with Gasteiger partial charge in [-0.25, -0.2) is 4.79 Å². The first kappa shape index (κ1) is 17.5. The third kappa shape index (κ3) is 3.85. The lowest BCUT2D eigenvalue weighted by molar-refractivity contribution is -0.885. The van der Waals surface area contributed by atoms with Crippen LogP contribution in [0.1, 0.15) is 36.5 Å². The van der Waals surface area contributed by atoms with E-state index in [0.717, 1.165) is 34.3 Å². The minimum Gasteiger partial charge on any atom is -0.507 e. The number of benzene rings is 1. The predicted octanol–water partition coefficient (Wildman–Crippen LogP) is 0.663. The molecule has 1 unspecified atom stereocenters. The Morgan fingerprint density at radius 3 is 2.76 bits per heavy atom. The van der Waals surface area contributed by atoms with Crippen molar-refractivity contribution in [2.75, 3.05) is 13.6 Å². The molecule has 3 rings (SSSR count). The zero-order chi connectivity index (χ0) is 18.1. The van der Waals surface area contributed by atoms with Crippen molar-refractivity contribution < 1.29 is 19.2 Å². The highest BCUT2D eigenvalue weighted by atomic mass is 16.4. The maximum Gasteiger partial charge on any atom is 0.336 e. The van der Waals surface area contributed by atoms with E-state index in [9.17, 15) is 14.7 Å². The van der Waals surface area contributed by atoms with Crippen LogP contribution in [-0.2, 0) is 17.8 Å². The fraction of sp³-hybridized carbons (Fsp3) is 0.474. The van der Waals surface area contributed by atoms with Crippen LogP contribution in [0.25, 0.3) is 11.0 Å². The van der Waals surface area contributed by atoms with Gasteiger partial charge < -0.3 is 19.7 Å². The molecule has 1 fully saturated rings. The summed E-state index contributed by atoms with van der Waals surface area (Å²) >= 11 is 0. The predicted molar refractivity (Wildman–Crippen MR) is 94.9 cm³/mol. The molecule has 25 heavy (non-hydrogen) atoms. The van der Waals surface area contributed by atoms with E-state index >= 15 is 0 Å². The minimum atomic E-state index is -0.431. The van der Waals surface area contributed by atoms with Crippen molar-refractivity contribution in [2.24, 2.45) is 0 Å². The van der Waals surface area contributed by atoms with Crippen LogP contribution >= 0.6 is 0 Å². The molecule has 0 bridgehead atoms. The van der Waals surface area contributed by atoms with Crippen molar-refractivity contribution in [3.8, 4) is 5.75 Å². The van der Waals surface area contributed by atoms with Gasteiger partial charge in [-0.05, 0) is 43.4 Å². The summed E-state index contributed by atoms with van der Waals surface area (Å²) in [5.41, 5.74) is 2.22. The largest absolute Gasteiger partial charge is 0.507 e. The molecule has 1 amide bonds. The standard InChI is InChI=1S/C19H24N2O4/c1-4-12-8-14-11(2)7-17(23)25-19(14)15(18(12)24)9-21(3)10-16(22)20-13-5-6-13/h7-8,13,24H,4-6,9-10H2,1-3H3,(H,20,22)/p+1. The summed E-state index contributed by atoms with van der Waals surface area (Å²) in [6.45, 7) is 4.54. The first-order valence-corrected chi connectivity index (χ1v) is 8.77. The lowest BCUT2D eigenvalue weighted by Gasteiger charge is -2.17. The van der Waals surface area contributed by atoms with Crippen LogP contribution in [0.4, 0.5) is 0 Å². The second-order valence-corrected chi connectivity index (χ2v) is 6.99. The number of amides is 1. The van der Waals surface area contributed by atoms with E-state index in [2.05, 4.69) is 5.32 Å². The first-order chi connectivity index (χ1) is 11.9. The van der Waals surface area contributed by atoms with Crippen molar-refractivity contribution in [1.82, 2.24) is 5.32 Å². The number of hydrogen-bond acceptors (Lipinski definition) is 4. The summed E-state index contributed by atoms with van der Waals surface area (Å²) in [6, 6.07) is 3.67. The van der Waals surface area contributed by atoms with Crippen LogP contribution in [-0.4, -0.2) is 30.6 Å². The Morgan fingerprint density at radius 1 is 1.40 bits per heavy atom. The minimum absolute atomic E-state index is 0.00748. The van der Waals surface area contributed by atoms with Gasteiger partial charge in [0, 0.05) is 17.5 Å². The number of phenols is 1. The van der Waals surface area contributed by atoms with E-state index in [1.54, 1.807) is 0 Å². The molecule has 0 radical (unpaired) electrons. The van der Waals surface area contributed by atoms with Crippen LogP contribution < -0.4 is 15.8 Å². The summed E-state index contributed by atoms with van der Waals surface area (Å²) < 4.78 is 5.40. The van der Waals surface area contributed by atoms with Crippen LogP contribution in [0.3, 0.4) is 0 Å². The van der Waals surface area contributed by atoms with Crippen molar-refractivity contribution in [3.05, 3.63) is 39.2 Å². The van der Waals surface area contributed by atoms with Gasteiger partial charge in [-0.15, -0.1) is 0 Å². The molecule has 1 aromatic heterocycles. The zero-order valence-electron chi connectivity index (χ0n) is 14.9. The molecule has 1 aliphatic rings. The van der Waals surface area contributed by atoms with Crippen LogP contribution in [0, 0.1) is 6.92 Å². The van der Waals surface area contributed by atoms with Crippen molar-refractivity contribution >= 4 is 16.9 Å². The number of phenolic OH excluding ortho intramolecular Hbond substituents is 1. The van der Waals surface area contributed by atoms with E-state index in [1.165, 1.54) is 6.07 Å². The maximum absolute atomic E-state index is 12.0. The number of nitrogens with one attached hydrogen (secondary N) is 2. The molecule has 0 aliphatic heterocycles. The Balaban J connectivity index is 1.94. The summed E-state index contributed by atoms with van der Waals surface area (Å²) in [6.07, 6.45) is 2.78. The molecule has 134 valence electrons. The number of carbonyl (C=O) groups is 1. The molecule has 3 N–H and O–H groups in total. The first-order valence-electron chi connectivity index (χ1n) is 8.77. The van der Waals surface area contributed by atoms with Gasteiger partial charge in [-0.2, -0.15) is 0 Å². The Bertz CT molecular complexity index is 868. The number of aromatic hydroxyl groups is 1. The molecular formula is C19H25N2O4+. The Morgan fingerprint density at radius 2 is 2.12 bits per heavy atom. The molecule has 6 heteroatoms. The van der Waals surface area contributed by atoms with Gasteiger partial charge >= 0.3 is 5.63 Å². The number of rotatable bonds is 6. The number of aryl methyl sites for hydroxylation is 2. The van der Waals surface area contributed by atoms with Gasteiger partial charge in [0.25, 0.3) is 5.91 Å². The number of fused-ring (bicyclic) bond motifs is 1. The third-order valence-electron chi connectivity index (χ3n) is 4.65. The zero-order valence-corrected chi connectivity index (χ0v) is 14.9. The molecule has 1 heterocycles. The summed E-state index contributed by atoms with van der Waals surface area (Å²) in [4.78, 5) is 24.7. The maximum atomic E-state index is 12.0. The van der Waals surface area contributed by atoms with E-state index in [4.69, 9.17) is 4.42 Å². The summed E-state index contributed by atoms with van der Waals surface area (Å²) in [7, 11) is 1.89. The topological polar surface area (TPSA) is 84.0 Å². The highest BCUT2D eigenvalue weighted by Gasteiger charge is 2.25. The van der Waals surface area contributed by atoms with Gasteiger partial charge in [0.2, 0.25) is 0 Å². The monoisotopic (exact) mass is 345 g/mol. The highest BCUT2D eigenvalue weighted by Crippen LogP contribution is 2.32. The third-order valence-corrected chi connectivity index (χ3v) is 4.65. The fourth-order valence-corrected chi connectivity index (χ4v) is 3.14. The van der Waals surface area contributed by atoms with Crippen molar-refractivity contribution in [2.45, 2.75) is 45.7 Å². The molecule has 1 saturated carbocycles. The van der Waals surface area contributed by atoms with E-state index in [-0.39, 0.29) is 11.7 Å². The summed E-state index contributed by atoms with van der Waals surface area (Å²) in [5.74, 6) is 0.166. The molecule has 0 saturated heterocycles. The molecule has 1 aromatic carbocycles. The van der Waals surface area contributed by atoms with E-state index in [0.29, 0.717) is 36.7 Å². The fourth-order valence-electron chi connectivity index (χ4n) is 3.14. The number of likely N-dealkylation sites (N-methyl/N-ethyl adjacent to an activating group) is 1. The summed E-state index contributed by atoms with van der Waals surface area (Å²) in [5, 5.41) is 14.4. The number of hydrogen-bond donors (Lipinski definition) is 3. The van der Waals surface area contributed by atoms with Gasteiger partial charge in [0.05, 0.1) is 12.6 Å².